The van der Waals surface area contributed by atoms with Crippen LogP contribution in [0.2, 0.25) is 0 Å². The normalized spacial score (nSPS) is 11.1. The van der Waals surface area contributed by atoms with Crippen molar-refractivity contribution in [3.63, 3.8) is 0 Å². The van der Waals surface area contributed by atoms with Crippen molar-refractivity contribution < 1.29 is 12.8 Å². The van der Waals surface area contributed by atoms with Crippen molar-refractivity contribution in [1.82, 2.24) is 4.98 Å². The molecule has 0 saturated heterocycles. The van der Waals surface area contributed by atoms with E-state index >= 15 is 0 Å². The summed E-state index contributed by atoms with van der Waals surface area (Å²) in [5.74, 6) is -0.809. The Bertz CT molecular complexity index is 1090. The first-order valence-corrected chi connectivity index (χ1v) is 9.25. The molecule has 0 aliphatic carbocycles. The van der Waals surface area contributed by atoms with Crippen LogP contribution in [0, 0.1) is 17.1 Å². The molecule has 0 fully saturated rings. The number of halogens is 1. The second-order valence-corrected chi connectivity index (χ2v) is 7.49. The number of hydrogen-bond donors (Lipinski definition) is 0. The zero-order valence-corrected chi connectivity index (χ0v) is 14.1. The second kappa shape index (κ2) is 6.46. The number of sulfone groups is 1. The van der Waals surface area contributed by atoms with Gasteiger partial charge in [0.2, 0.25) is 0 Å². The summed E-state index contributed by atoms with van der Waals surface area (Å²) in [4.78, 5) is 3.98. The Morgan fingerprint density at radius 1 is 1.04 bits per heavy atom. The van der Waals surface area contributed by atoms with Crippen molar-refractivity contribution in [2.45, 2.75) is 4.90 Å². The van der Waals surface area contributed by atoms with Crippen LogP contribution >= 0.6 is 0 Å². The Morgan fingerprint density at radius 3 is 2.32 bits per heavy atom. The van der Waals surface area contributed by atoms with Gasteiger partial charge in [0.1, 0.15) is 10.7 Å². The van der Waals surface area contributed by atoms with Crippen molar-refractivity contribution in [3.05, 3.63) is 72.2 Å². The molecule has 124 valence electrons. The van der Waals surface area contributed by atoms with Crippen molar-refractivity contribution in [2.24, 2.45) is 0 Å². The summed E-state index contributed by atoms with van der Waals surface area (Å²) < 4.78 is 37.4. The number of hydrogen-bond acceptors (Lipinski definition) is 4. The van der Waals surface area contributed by atoms with Gasteiger partial charge in [0, 0.05) is 23.6 Å². The van der Waals surface area contributed by atoms with Crippen LogP contribution in [0.25, 0.3) is 22.4 Å². The molecule has 0 aliphatic rings. The molecule has 3 aromatic rings. The maximum Gasteiger partial charge on any atom is 0.178 e. The SMILES string of the molecule is CS(=O)(=O)c1ccc(-c2ncccc2-c2ccc(C#N)cc2)cc1F. The maximum absolute atomic E-state index is 14.2. The lowest BCUT2D eigenvalue weighted by Gasteiger charge is -2.10. The summed E-state index contributed by atoms with van der Waals surface area (Å²) in [6.45, 7) is 0. The first-order valence-electron chi connectivity index (χ1n) is 7.35. The van der Waals surface area contributed by atoms with Gasteiger partial charge >= 0.3 is 0 Å². The van der Waals surface area contributed by atoms with E-state index in [1.54, 1.807) is 36.5 Å². The third kappa shape index (κ3) is 3.42. The molecular weight excluding hydrogens is 339 g/mol. The molecule has 6 heteroatoms. The molecule has 0 spiro atoms. The molecule has 4 nitrogen and oxygen atoms in total. The highest BCUT2D eigenvalue weighted by Crippen LogP contribution is 2.31. The predicted octanol–water partition coefficient (Wildman–Crippen LogP) is 3.83. The third-order valence-corrected chi connectivity index (χ3v) is 4.87. The summed E-state index contributed by atoms with van der Waals surface area (Å²) in [6, 6.07) is 16.6. The van der Waals surface area contributed by atoms with E-state index in [1.165, 1.54) is 18.2 Å². The topological polar surface area (TPSA) is 70.8 Å². The Kier molecular flexibility index (Phi) is 4.34. The minimum Gasteiger partial charge on any atom is -0.256 e. The quantitative estimate of drug-likeness (QED) is 0.718. The third-order valence-electron chi connectivity index (χ3n) is 3.74. The summed E-state index contributed by atoms with van der Waals surface area (Å²) in [5.41, 5.74) is 3.14. The van der Waals surface area contributed by atoms with Gasteiger partial charge in [-0.05, 0) is 35.9 Å². The second-order valence-electron chi connectivity index (χ2n) is 5.51. The standard InChI is InChI=1S/C19H13FN2O2S/c1-25(23,24)18-9-8-15(11-17(18)20)19-16(3-2-10-22-19)14-6-4-13(12-21)5-7-14/h2-11H,1H3. The maximum atomic E-state index is 14.2. The minimum absolute atomic E-state index is 0.341. The van der Waals surface area contributed by atoms with E-state index in [9.17, 15) is 12.8 Å². The molecular formula is C19H13FN2O2S. The van der Waals surface area contributed by atoms with Crippen LogP contribution in [0.4, 0.5) is 4.39 Å². The Labute approximate surface area is 145 Å². The highest BCUT2D eigenvalue weighted by molar-refractivity contribution is 7.90. The molecule has 0 aliphatic heterocycles. The first-order chi connectivity index (χ1) is 11.9. The average Bonchev–Trinajstić information content (AvgIpc) is 2.60. The summed E-state index contributed by atoms with van der Waals surface area (Å²) >= 11 is 0. The van der Waals surface area contributed by atoms with E-state index in [0.29, 0.717) is 16.8 Å². The van der Waals surface area contributed by atoms with Crippen LogP contribution < -0.4 is 0 Å². The van der Waals surface area contributed by atoms with Crippen molar-refractivity contribution >= 4 is 9.84 Å². The molecule has 1 aromatic heterocycles. The lowest BCUT2D eigenvalue weighted by molar-refractivity contribution is 0.571. The Balaban J connectivity index is 2.13. The summed E-state index contributed by atoms with van der Waals surface area (Å²) in [5, 5.41) is 8.90. The summed E-state index contributed by atoms with van der Waals surface area (Å²) in [6.07, 6.45) is 2.55. The molecule has 0 N–H and O–H groups in total. The molecule has 0 bridgehead atoms. The van der Waals surface area contributed by atoms with Crippen molar-refractivity contribution in [2.75, 3.05) is 6.26 Å². The fourth-order valence-corrected chi connectivity index (χ4v) is 3.27. The van der Waals surface area contributed by atoms with E-state index in [0.717, 1.165) is 17.4 Å². The van der Waals surface area contributed by atoms with Gasteiger partial charge in [-0.2, -0.15) is 5.26 Å². The molecule has 0 atom stereocenters. The van der Waals surface area contributed by atoms with E-state index in [-0.39, 0.29) is 4.90 Å². The zero-order valence-electron chi connectivity index (χ0n) is 13.3. The van der Waals surface area contributed by atoms with Crippen LogP contribution in [-0.4, -0.2) is 19.7 Å². The van der Waals surface area contributed by atoms with Crippen LogP contribution in [0.15, 0.2) is 65.7 Å². The highest BCUT2D eigenvalue weighted by Gasteiger charge is 2.16. The Morgan fingerprint density at radius 2 is 1.72 bits per heavy atom. The van der Waals surface area contributed by atoms with Crippen molar-refractivity contribution in [1.29, 1.82) is 5.26 Å². The van der Waals surface area contributed by atoms with Crippen LogP contribution in [0.3, 0.4) is 0 Å². The number of nitrogens with zero attached hydrogens (tertiary/aromatic N) is 2. The van der Waals surface area contributed by atoms with E-state index in [1.807, 2.05) is 6.07 Å². The van der Waals surface area contributed by atoms with Gasteiger partial charge in [-0.1, -0.05) is 24.3 Å². The fraction of sp³-hybridized carbons (Fsp3) is 0.0526. The van der Waals surface area contributed by atoms with Gasteiger partial charge < -0.3 is 0 Å². The number of nitriles is 1. The lowest BCUT2D eigenvalue weighted by Crippen LogP contribution is -2.01. The average molecular weight is 352 g/mol. The van der Waals surface area contributed by atoms with Gasteiger partial charge in [-0.3, -0.25) is 4.98 Å². The molecule has 1 heterocycles. The van der Waals surface area contributed by atoms with Gasteiger partial charge in [0.15, 0.2) is 9.84 Å². The number of aromatic nitrogens is 1. The molecule has 0 amide bonds. The van der Waals surface area contributed by atoms with Gasteiger partial charge in [0.25, 0.3) is 0 Å². The number of benzene rings is 2. The van der Waals surface area contributed by atoms with Gasteiger partial charge in [0.05, 0.1) is 17.3 Å². The van der Waals surface area contributed by atoms with Crippen molar-refractivity contribution in [3.8, 4) is 28.5 Å². The van der Waals surface area contributed by atoms with Gasteiger partial charge in [-0.15, -0.1) is 0 Å². The highest BCUT2D eigenvalue weighted by atomic mass is 32.2. The van der Waals surface area contributed by atoms with E-state index < -0.39 is 15.7 Å². The molecule has 0 unspecified atom stereocenters. The largest absolute Gasteiger partial charge is 0.256 e. The molecule has 0 saturated carbocycles. The van der Waals surface area contributed by atoms with E-state index in [2.05, 4.69) is 11.1 Å². The zero-order chi connectivity index (χ0) is 18.0. The summed E-state index contributed by atoms with van der Waals surface area (Å²) in [7, 11) is -3.63. The van der Waals surface area contributed by atoms with Crippen LogP contribution in [0.1, 0.15) is 5.56 Å². The first kappa shape index (κ1) is 16.8. The molecule has 3 rings (SSSR count). The number of rotatable bonds is 3. The lowest BCUT2D eigenvalue weighted by atomic mass is 9.98. The molecule has 2 aromatic carbocycles. The Hall–Kier alpha value is -3.04. The molecule has 0 radical (unpaired) electrons. The van der Waals surface area contributed by atoms with Gasteiger partial charge in [-0.25, -0.2) is 12.8 Å². The number of pyridine rings is 1. The minimum atomic E-state index is -3.63. The van der Waals surface area contributed by atoms with Crippen LogP contribution in [0.5, 0.6) is 0 Å². The molecule has 25 heavy (non-hydrogen) atoms. The fourth-order valence-electron chi connectivity index (χ4n) is 2.54. The van der Waals surface area contributed by atoms with Crippen LogP contribution in [-0.2, 0) is 9.84 Å². The predicted molar refractivity (Wildman–Crippen MR) is 92.9 cm³/mol. The monoisotopic (exact) mass is 352 g/mol. The van der Waals surface area contributed by atoms with E-state index in [4.69, 9.17) is 5.26 Å². The smallest absolute Gasteiger partial charge is 0.178 e.